The average molecular weight is 643 g/mol. The van der Waals surface area contributed by atoms with Gasteiger partial charge in [-0.1, -0.05) is 0 Å². The molecule has 0 aromatic carbocycles. The number of rotatable bonds is 0. The van der Waals surface area contributed by atoms with E-state index in [-0.39, 0.29) is 43.8 Å². The Morgan fingerprint density at radius 3 is 1.29 bits per heavy atom. The van der Waals surface area contributed by atoms with Crippen LogP contribution in [0.5, 0.6) is 0 Å². The quantitative estimate of drug-likeness (QED) is 0.252. The molecule has 0 saturated carbocycles. The molecule has 82 valence electrons. The molecule has 14 heavy (non-hydrogen) atoms. The van der Waals surface area contributed by atoms with Gasteiger partial charge in [0.05, 0.1) is 0 Å². The van der Waals surface area contributed by atoms with Crippen molar-refractivity contribution in [3.05, 3.63) is 0 Å². The SMILES string of the molecule is [Ni+2].[O]=[Nb](=[O])[O-].[O]=[Ti]([O-])[O-].[O]=[Zr]([O-])[OH].[Pb+2]. The van der Waals surface area contributed by atoms with Gasteiger partial charge in [-0.25, -0.2) is 0 Å². The van der Waals surface area contributed by atoms with Crippen LogP contribution in [0.4, 0.5) is 0 Å². The molecule has 0 atom stereocenters. The van der Waals surface area contributed by atoms with Crippen molar-refractivity contribution in [3.63, 3.8) is 0 Å². The maximum Gasteiger partial charge on any atom is 2.00 e. The molecule has 1 N–H and O–H groups in total. The van der Waals surface area contributed by atoms with Gasteiger partial charge in [0.2, 0.25) is 0 Å². The smallest absolute Gasteiger partial charge is 2.00 e. The largest absolute Gasteiger partial charge is 2.00 e. The monoisotopic (exact) mass is 642 g/mol. The first-order valence-corrected chi connectivity index (χ1v) is 9.50. The molecule has 0 rings (SSSR count). The Hall–Kier alpha value is 2.75. The van der Waals surface area contributed by atoms with Gasteiger partial charge >= 0.3 is 134 Å². The third kappa shape index (κ3) is 368. The molecule has 2 radical (unpaired) electrons. The predicted molar refractivity (Wildman–Crippen MR) is 10.7 cm³/mol. The van der Waals surface area contributed by atoms with Gasteiger partial charge in [-0.2, -0.15) is 0 Å². The van der Waals surface area contributed by atoms with Crippen LogP contribution in [0.15, 0.2) is 0 Å². The molecule has 0 aromatic heterocycles. The molecule has 0 amide bonds. The molecule has 0 aliphatic carbocycles. The molecule has 0 aromatic rings. The second-order valence-electron chi connectivity index (χ2n) is 0.740. The van der Waals surface area contributed by atoms with Gasteiger partial charge in [-0.15, -0.1) is 0 Å². The minimum Gasteiger partial charge on any atom is 2.00 e. The first-order valence-electron chi connectivity index (χ1n) is 1.79. The third-order valence-electron chi connectivity index (χ3n) is 0. The molecule has 0 aliphatic rings. The maximum atomic E-state index is 8.72. The van der Waals surface area contributed by atoms with E-state index in [1.165, 1.54) is 0 Å². The molecule has 0 aliphatic heterocycles. The van der Waals surface area contributed by atoms with Gasteiger partial charge in [0, 0.05) is 0 Å². The van der Waals surface area contributed by atoms with Crippen LogP contribution in [-0.4, -0.2) is 30.5 Å². The molecule has 0 heterocycles. The summed E-state index contributed by atoms with van der Waals surface area (Å²) in [6.45, 7) is 0. The van der Waals surface area contributed by atoms with Gasteiger partial charge in [0.1, 0.15) is 0 Å². The minimum atomic E-state index is -4.20. The first kappa shape index (κ1) is 30.1. The molecule has 0 unspecified atom stereocenters. The van der Waals surface area contributed by atoms with E-state index in [1.807, 2.05) is 0 Å². The first-order chi connectivity index (χ1) is 5.20. The van der Waals surface area contributed by atoms with Crippen molar-refractivity contribution in [2.45, 2.75) is 0 Å². The molecule has 0 fully saturated rings. The van der Waals surface area contributed by atoms with E-state index >= 15 is 0 Å². The van der Waals surface area contributed by atoms with Crippen LogP contribution in [-0.2, 0) is 89.2 Å². The summed E-state index contributed by atoms with van der Waals surface area (Å²) in [7, 11) is 0. The van der Waals surface area contributed by atoms with Crippen molar-refractivity contribution in [2.24, 2.45) is 0 Å². The zero-order valence-corrected chi connectivity index (χ0v) is 17.1. The normalized spacial score (nSPS) is 5.50. The van der Waals surface area contributed by atoms with E-state index in [9.17, 15) is 0 Å². The summed E-state index contributed by atoms with van der Waals surface area (Å²) in [5.74, 6) is 0. The van der Waals surface area contributed by atoms with E-state index in [4.69, 9.17) is 30.0 Å². The summed E-state index contributed by atoms with van der Waals surface area (Å²) >= 11 is -12.3. The van der Waals surface area contributed by atoms with E-state index in [0.717, 1.165) is 0 Å². The van der Waals surface area contributed by atoms with Crippen molar-refractivity contribution >= 4 is 27.3 Å². The summed E-state index contributed by atoms with van der Waals surface area (Å²) in [5, 5.41) is 0. The summed E-state index contributed by atoms with van der Waals surface area (Å²) < 4.78 is 76.1. The summed E-state index contributed by atoms with van der Waals surface area (Å²) in [6, 6.07) is 0. The number of hydrogen-bond donors (Lipinski definition) is 1. The fourth-order valence-corrected chi connectivity index (χ4v) is 0. The maximum absolute atomic E-state index is 8.72. The summed E-state index contributed by atoms with van der Waals surface area (Å²) in [5.41, 5.74) is 0. The Balaban J connectivity index is -0.0000000270. The van der Waals surface area contributed by atoms with E-state index in [2.05, 4.69) is 0 Å². The van der Waals surface area contributed by atoms with Crippen LogP contribution in [0.2, 0.25) is 0 Å². The van der Waals surface area contributed by atoms with Gasteiger partial charge in [0.25, 0.3) is 0 Å². The van der Waals surface area contributed by atoms with Crippen LogP contribution >= 0.6 is 0 Å². The molecule has 9 nitrogen and oxygen atoms in total. The third-order valence-corrected chi connectivity index (χ3v) is 0. The van der Waals surface area contributed by atoms with Crippen molar-refractivity contribution < 1.29 is 107 Å². The fraction of sp³-hybridized carbons (Fsp3) is 0. The van der Waals surface area contributed by atoms with E-state index < -0.39 is 60.0 Å². The Labute approximate surface area is 131 Å². The zero-order chi connectivity index (χ0) is 10.7. The van der Waals surface area contributed by atoms with E-state index in [1.54, 1.807) is 0 Å². The van der Waals surface area contributed by atoms with Gasteiger partial charge < -0.3 is 0 Å². The summed E-state index contributed by atoms with van der Waals surface area (Å²) in [6.07, 6.45) is 0. The Kier molecular flexibility index (Phi) is 53.4. The molecular weight excluding hydrogens is 642 g/mol. The van der Waals surface area contributed by atoms with Crippen LogP contribution < -0.4 is 14.2 Å². The van der Waals surface area contributed by atoms with Crippen molar-refractivity contribution in [1.82, 2.24) is 0 Å². The predicted octanol–water partition coefficient (Wildman–Crippen LogP) is -6.18. The molecule has 0 spiro atoms. The Bertz CT molecular complexity index is 175. The Morgan fingerprint density at radius 1 is 1.29 bits per heavy atom. The second-order valence-corrected chi connectivity index (χ2v) is 3.93. The van der Waals surface area contributed by atoms with Crippen molar-refractivity contribution in [3.8, 4) is 0 Å². The topological polar surface area (TPSA) is 181 Å². The van der Waals surface area contributed by atoms with Crippen molar-refractivity contribution in [1.29, 1.82) is 0 Å². The Morgan fingerprint density at radius 2 is 1.29 bits per heavy atom. The second kappa shape index (κ2) is 24.8. The van der Waals surface area contributed by atoms with Crippen LogP contribution in [0, 0.1) is 0 Å². The van der Waals surface area contributed by atoms with Gasteiger partial charge in [0.15, 0.2) is 0 Å². The molecule has 0 bridgehead atoms. The zero-order valence-electron chi connectivity index (χ0n) is 5.98. The summed E-state index contributed by atoms with van der Waals surface area (Å²) in [4.78, 5) is 0. The molecule has 14 heteroatoms. The van der Waals surface area contributed by atoms with Crippen LogP contribution in [0.25, 0.3) is 0 Å². The van der Waals surface area contributed by atoms with Crippen LogP contribution in [0.1, 0.15) is 0 Å². The van der Waals surface area contributed by atoms with E-state index in [0.29, 0.717) is 0 Å². The average Bonchev–Trinajstić information content (AvgIpc) is 1.54. The van der Waals surface area contributed by atoms with Crippen LogP contribution in [0.3, 0.4) is 0 Å². The van der Waals surface area contributed by atoms with Crippen molar-refractivity contribution in [2.75, 3.05) is 0 Å². The standard InChI is InChI=1S/Nb.Ni.H2O.8O.Pb.Ti.Zr/h;;1H2;;;;;;;;;;;/q;+2;;;;;;4*-1;+2;;+1/p-1. The van der Waals surface area contributed by atoms with Gasteiger partial charge in [-0.05, 0) is 0 Å². The minimum absolute atomic E-state index is 0. The number of hydrogen-bond acceptors (Lipinski definition) is 8. The molecular formula is HNbNiO9PbTiZr. The molecule has 0 saturated heterocycles. The fourth-order valence-electron chi connectivity index (χ4n) is 0. The van der Waals surface area contributed by atoms with Gasteiger partial charge in [-0.3, -0.25) is 0 Å².